The minimum absolute atomic E-state index is 0.181. The summed E-state index contributed by atoms with van der Waals surface area (Å²) in [6.45, 7) is 8.38. The number of ether oxygens (including phenoxy) is 1. The van der Waals surface area contributed by atoms with E-state index in [4.69, 9.17) is 4.74 Å². The van der Waals surface area contributed by atoms with E-state index in [2.05, 4.69) is 53.8 Å². The van der Waals surface area contributed by atoms with Crippen LogP contribution in [0, 0.1) is 6.92 Å². The Morgan fingerprint density at radius 2 is 1.96 bits per heavy atom. The molecule has 1 aromatic carbocycles. The van der Waals surface area contributed by atoms with Gasteiger partial charge in [-0.15, -0.1) is 5.10 Å². The van der Waals surface area contributed by atoms with Crippen LogP contribution in [0.2, 0.25) is 0 Å². The molecule has 2 aliphatic rings. The number of quaternary nitrogens is 2. The zero-order chi connectivity index (χ0) is 17.9. The van der Waals surface area contributed by atoms with Crippen molar-refractivity contribution in [2.24, 2.45) is 0 Å². The molecule has 7 heteroatoms. The van der Waals surface area contributed by atoms with Crippen molar-refractivity contribution < 1.29 is 14.5 Å². The smallest absolute Gasteiger partial charge is 0.214 e. The molecule has 26 heavy (non-hydrogen) atoms. The summed E-state index contributed by atoms with van der Waals surface area (Å²) in [6.07, 6.45) is 2.47. The number of aryl methyl sites for hydroxylation is 1. The fourth-order valence-corrected chi connectivity index (χ4v) is 4.14. The van der Waals surface area contributed by atoms with E-state index in [0.717, 1.165) is 44.9 Å². The summed E-state index contributed by atoms with van der Waals surface area (Å²) in [5, 5.41) is 12.8. The molecule has 1 aromatic heterocycles. The predicted molar refractivity (Wildman–Crippen MR) is 97.1 cm³/mol. The Labute approximate surface area is 154 Å². The summed E-state index contributed by atoms with van der Waals surface area (Å²) in [7, 11) is 2.28. The lowest BCUT2D eigenvalue weighted by Gasteiger charge is -2.33. The van der Waals surface area contributed by atoms with Gasteiger partial charge in [0.2, 0.25) is 5.82 Å². The Morgan fingerprint density at radius 3 is 2.65 bits per heavy atom. The van der Waals surface area contributed by atoms with Crippen molar-refractivity contribution in [3.05, 3.63) is 41.2 Å². The summed E-state index contributed by atoms with van der Waals surface area (Å²) >= 11 is 0. The monoisotopic (exact) mass is 358 g/mol. The van der Waals surface area contributed by atoms with Gasteiger partial charge in [0.05, 0.1) is 19.7 Å². The third-order valence-corrected chi connectivity index (χ3v) is 5.78. The lowest BCUT2D eigenvalue weighted by molar-refractivity contribution is -1.02. The van der Waals surface area contributed by atoms with Gasteiger partial charge in [0.15, 0.2) is 6.04 Å². The van der Waals surface area contributed by atoms with Gasteiger partial charge in [-0.1, -0.05) is 29.8 Å². The van der Waals surface area contributed by atoms with Crippen molar-refractivity contribution >= 4 is 0 Å². The first-order valence-electron chi connectivity index (χ1n) is 9.81. The quantitative estimate of drug-likeness (QED) is 0.695. The number of rotatable bonds is 5. The van der Waals surface area contributed by atoms with Gasteiger partial charge < -0.3 is 14.5 Å². The van der Waals surface area contributed by atoms with Gasteiger partial charge in [0, 0.05) is 12.2 Å². The lowest BCUT2D eigenvalue weighted by atomic mass is 10.0. The number of nitrogens with zero attached hydrogens (tertiary/aromatic N) is 4. The molecule has 0 radical (unpaired) electrons. The number of benzene rings is 1. The number of tetrazole rings is 1. The summed E-state index contributed by atoms with van der Waals surface area (Å²) in [6, 6.07) is 9.04. The number of aromatic nitrogens is 4. The number of hydrogen-bond donors (Lipinski definition) is 2. The van der Waals surface area contributed by atoms with E-state index in [-0.39, 0.29) is 12.1 Å². The van der Waals surface area contributed by atoms with E-state index >= 15 is 0 Å². The Hall–Kier alpha value is -1.83. The SMILES string of the molecule is Cc1ccc([C@@H](c2nnnn2C[C@@H]2CCCO2)[NH+]2CC[NH+](C)CC2)cc1. The lowest BCUT2D eigenvalue weighted by Crippen LogP contribution is -3.27. The van der Waals surface area contributed by atoms with E-state index in [0.29, 0.717) is 0 Å². The molecule has 7 nitrogen and oxygen atoms in total. The summed E-state index contributed by atoms with van der Waals surface area (Å²) in [5.41, 5.74) is 2.58. The molecule has 4 rings (SSSR count). The minimum Gasteiger partial charge on any atom is -0.376 e. The average molecular weight is 358 g/mol. The summed E-state index contributed by atoms with van der Waals surface area (Å²) < 4.78 is 7.80. The number of likely N-dealkylation sites (N-methyl/N-ethyl adjacent to an activating group) is 1. The molecule has 2 aliphatic heterocycles. The number of piperazine rings is 1. The molecule has 2 aromatic rings. The molecule has 0 saturated carbocycles. The van der Waals surface area contributed by atoms with Crippen LogP contribution in [0.15, 0.2) is 24.3 Å². The van der Waals surface area contributed by atoms with Gasteiger partial charge in [-0.05, 0) is 30.2 Å². The largest absolute Gasteiger partial charge is 0.376 e. The molecule has 0 spiro atoms. The highest BCUT2D eigenvalue weighted by Crippen LogP contribution is 2.20. The normalized spacial score (nSPS) is 27.5. The second-order valence-electron chi connectivity index (χ2n) is 7.81. The van der Waals surface area contributed by atoms with Crippen LogP contribution in [-0.2, 0) is 11.3 Å². The van der Waals surface area contributed by atoms with Crippen molar-refractivity contribution in [1.29, 1.82) is 0 Å². The van der Waals surface area contributed by atoms with Gasteiger partial charge in [0.25, 0.3) is 0 Å². The van der Waals surface area contributed by atoms with E-state index in [1.807, 2.05) is 4.68 Å². The third-order valence-electron chi connectivity index (χ3n) is 5.78. The van der Waals surface area contributed by atoms with Crippen LogP contribution in [-0.4, -0.2) is 66.1 Å². The van der Waals surface area contributed by atoms with Gasteiger partial charge >= 0.3 is 0 Å². The zero-order valence-electron chi connectivity index (χ0n) is 15.8. The molecular formula is C19H30N6O+2. The molecule has 0 aliphatic carbocycles. The molecule has 2 N–H and O–H groups in total. The van der Waals surface area contributed by atoms with Crippen LogP contribution in [0.25, 0.3) is 0 Å². The fraction of sp³-hybridized carbons (Fsp3) is 0.632. The van der Waals surface area contributed by atoms with Gasteiger partial charge in [-0.3, -0.25) is 0 Å². The zero-order valence-corrected chi connectivity index (χ0v) is 15.8. The highest BCUT2D eigenvalue weighted by molar-refractivity contribution is 5.26. The van der Waals surface area contributed by atoms with Crippen LogP contribution < -0.4 is 9.80 Å². The first-order chi connectivity index (χ1) is 12.7. The van der Waals surface area contributed by atoms with Crippen molar-refractivity contribution in [3.8, 4) is 0 Å². The van der Waals surface area contributed by atoms with Crippen molar-refractivity contribution in [2.75, 3.05) is 39.8 Å². The second kappa shape index (κ2) is 7.82. The predicted octanol–water partition coefficient (Wildman–Crippen LogP) is -1.34. The highest BCUT2D eigenvalue weighted by Gasteiger charge is 2.35. The fourth-order valence-electron chi connectivity index (χ4n) is 4.14. The van der Waals surface area contributed by atoms with E-state index in [1.54, 1.807) is 9.80 Å². The number of nitrogens with one attached hydrogen (secondary N) is 2. The maximum Gasteiger partial charge on any atom is 0.214 e. The Morgan fingerprint density at radius 1 is 1.19 bits per heavy atom. The van der Waals surface area contributed by atoms with Gasteiger partial charge in [-0.25, -0.2) is 4.68 Å². The average Bonchev–Trinajstić information content (AvgIpc) is 3.32. The number of hydrogen-bond acceptors (Lipinski definition) is 4. The van der Waals surface area contributed by atoms with Gasteiger partial charge in [0.1, 0.15) is 26.2 Å². The molecule has 140 valence electrons. The first-order valence-corrected chi connectivity index (χ1v) is 9.81. The Kier molecular flexibility index (Phi) is 5.28. The third kappa shape index (κ3) is 3.79. The maximum atomic E-state index is 5.82. The first kappa shape index (κ1) is 17.6. The Balaban J connectivity index is 1.64. The highest BCUT2D eigenvalue weighted by atomic mass is 16.5. The molecule has 0 bridgehead atoms. The van der Waals surface area contributed by atoms with Gasteiger partial charge in [-0.2, -0.15) is 0 Å². The second-order valence-corrected chi connectivity index (χ2v) is 7.81. The standard InChI is InChI=1S/C19H28N6O/c1-15-5-7-16(8-6-15)18(24-11-9-23(2)10-12-24)19-20-21-22-25(19)14-17-4-3-13-26-17/h5-8,17-18H,3-4,9-14H2,1-2H3/p+2/t17-,18-/m0/s1. The molecule has 2 saturated heterocycles. The molecule has 0 amide bonds. The topological polar surface area (TPSA) is 61.7 Å². The van der Waals surface area contributed by atoms with Crippen molar-refractivity contribution in [2.45, 2.75) is 38.5 Å². The van der Waals surface area contributed by atoms with Crippen LogP contribution in [0.1, 0.15) is 35.8 Å². The summed E-state index contributed by atoms with van der Waals surface area (Å²) in [5.74, 6) is 0.971. The Bertz CT molecular complexity index is 701. The van der Waals surface area contributed by atoms with E-state index < -0.39 is 0 Å². The molecule has 2 atom stereocenters. The van der Waals surface area contributed by atoms with Crippen LogP contribution >= 0.6 is 0 Å². The van der Waals surface area contributed by atoms with Crippen LogP contribution in [0.3, 0.4) is 0 Å². The minimum atomic E-state index is 0.181. The summed E-state index contributed by atoms with van der Waals surface area (Å²) in [4.78, 5) is 3.16. The van der Waals surface area contributed by atoms with Crippen molar-refractivity contribution in [1.82, 2.24) is 20.2 Å². The van der Waals surface area contributed by atoms with E-state index in [9.17, 15) is 0 Å². The van der Waals surface area contributed by atoms with Crippen molar-refractivity contribution in [3.63, 3.8) is 0 Å². The maximum absolute atomic E-state index is 5.82. The molecular weight excluding hydrogens is 328 g/mol. The molecule has 0 unspecified atom stereocenters. The molecule has 3 heterocycles. The van der Waals surface area contributed by atoms with E-state index in [1.165, 1.54) is 24.2 Å². The molecule has 2 fully saturated rings. The van der Waals surface area contributed by atoms with Crippen LogP contribution in [0.5, 0.6) is 0 Å². The van der Waals surface area contributed by atoms with Crippen LogP contribution in [0.4, 0.5) is 0 Å².